The van der Waals surface area contributed by atoms with Crippen LogP contribution < -0.4 is 0 Å². The fourth-order valence-corrected chi connectivity index (χ4v) is 3.32. The van der Waals surface area contributed by atoms with Crippen molar-refractivity contribution in [2.45, 2.75) is 32.2 Å². The first-order chi connectivity index (χ1) is 10.1. The van der Waals surface area contributed by atoms with E-state index < -0.39 is 0 Å². The number of halogens is 1. The summed E-state index contributed by atoms with van der Waals surface area (Å²) in [6.45, 7) is 5.36. The standard InChI is InChI=1S/C16H21ClN4/c1-12-9-15(17)4-3-14(12)10-21-7-5-13(6-8-21)16-19-18-11-20(16)2/h3-4,9,11,13H,5-8,10H2,1-2H3. The first kappa shape index (κ1) is 14.5. The second-order valence-corrected chi connectivity index (χ2v) is 6.36. The van der Waals surface area contributed by atoms with Crippen LogP contribution >= 0.6 is 11.6 Å². The van der Waals surface area contributed by atoms with Gasteiger partial charge in [-0.05, 0) is 56.1 Å². The molecule has 3 rings (SSSR count). The Balaban J connectivity index is 1.60. The average Bonchev–Trinajstić information content (AvgIpc) is 2.89. The average molecular weight is 305 g/mol. The van der Waals surface area contributed by atoms with Gasteiger partial charge in [0.2, 0.25) is 0 Å². The van der Waals surface area contributed by atoms with Gasteiger partial charge in [0.15, 0.2) is 0 Å². The van der Waals surface area contributed by atoms with E-state index in [1.54, 1.807) is 6.33 Å². The molecule has 1 aliphatic heterocycles. The molecule has 112 valence electrons. The maximum atomic E-state index is 6.02. The van der Waals surface area contributed by atoms with Crippen LogP contribution in [0.3, 0.4) is 0 Å². The quantitative estimate of drug-likeness (QED) is 0.873. The van der Waals surface area contributed by atoms with Crippen LogP contribution in [0, 0.1) is 6.92 Å². The summed E-state index contributed by atoms with van der Waals surface area (Å²) >= 11 is 6.02. The van der Waals surface area contributed by atoms with Gasteiger partial charge in [-0.1, -0.05) is 17.7 Å². The van der Waals surface area contributed by atoms with Crippen LogP contribution in [0.2, 0.25) is 5.02 Å². The van der Waals surface area contributed by atoms with Gasteiger partial charge < -0.3 is 4.57 Å². The Morgan fingerprint density at radius 3 is 2.67 bits per heavy atom. The van der Waals surface area contributed by atoms with Crippen LogP contribution in [0.5, 0.6) is 0 Å². The maximum Gasteiger partial charge on any atom is 0.135 e. The van der Waals surface area contributed by atoms with Crippen molar-refractivity contribution >= 4 is 11.6 Å². The monoisotopic (exact) mass is 304 g/mol. The lowest BCUT2D eigenvalue weighted by Gasteiger charge is -2.31. The number of aryl methyl sites for hydroxylation is 2. The molecule has 0 N–H and O–H groups in total. The highest BCUT2D eigenvalue weighted by molar-refractivity contribution is 6.30. The van der Waals surface area contributed by atoms with Gasteiger partial charge in [0.25, 0.3) is 0 Å². The number of benzene rings is 1. The molecule has 21 heavy (non-hydrogen) atoms. The molecular formula is C16H21ClN4. The summed E-state index contributed by atoms with van der Waals surface area (Å²) in [5.74, 6) is 1.66. The van der Waals surface area contributed by atoms with Crippen molar-refractivity contribution in [2.75, 3.05) is 13.1 Å². The lowest BCUT2D eigenvalue weighted by molar-refractivity contribution is 0.200. The molecule has 0 unspecified atom stereocenters. The van der Waals surface area contributed by atoms with Gasteiger partial charge in [-0.2, -0.15) is 0 Å². The van der Waals surface area contributed by atoms with E-state index in [1.165, 1.54) is 11.1 Å². The largest absolute Gasteiger partial charge is 0.320 e. The third-order valence-corrected chi connectivity index (χ3v) is 4.63. The number of nitrogens with zero attached hydrogens (tertiary/aromatic N) is 4. The van der Waals surface area contributed by atoms with Crippen LogP contribution in [0.25, 0.3) is 0 Å². The van der Waals surface area contributed by atoms with Crippen molar-refractivity contribution in [3.63, 3.8) is 0 Å². The minimum absolute atomic E-state index is 0.542. The molecule has 1 aromatic carbocycles. The van der Waals surface area contributed by atoms with Crippen LogP contribution in [-0.2, 0) is 13.6 Å². The van der Waals surface area contributed by atoms with Crippen molar-refractivity contribution in [1.82, 2.24) is 19.7 Å². The highest BCUT2D eigenvalue weighted by Crippen LogP contribution is 2.27. The molecule has 0 amide bonds. The van der Waals surface area contributed by atoms with Crippen molar-refractivity contribution < 1.29 is 0 Å². The van der Waals surface area contributed by atoms with E-state index in [4.69, 9.17) is 11.6 Å². The van der Waals surface area contributed by atoms with Crippen LogP contribution in [0.1, 0.15) is 35.7 Å². The number of piperidine rings is 1. The van der Waals surface area contributed by atoms with E-state index in [-0.39, 0.29) is 0 Å². The zero-order valence-corrected chi connectivity index (χ0v) is 13.3. The highest BCUT2D eigenvalue weighted by Gasteiger charge is 2.23. The zero-order valence-electron chi connectivity index (χ0n) is 12.6. The second-order valence-electron chi connectivity index (χ2n) is 5.92. The number of hydrogen-bond donors (Lipinski definition) is 0. The first-order valence-electron chi connectivity index (χ1n) is 7.45. The maximum absolute atomic E-state index is 6.02. The minimum atomic E-state index is 0.542. The van der Waals surface area contributed by atoms with Gasteiger partial charge in [0.1, 0.15) is 12.2 Å². The Labute approximate surface area is 130 Å². The van der Waals surface area contributed by atoms with Gasteiger partial charge in [-0.25, -0.2) is 0 Å². The summed E-state index contributed by atoms with van der Waals surface area (Å²) in [6, 6.07) is 6.17. The summed E-state index contributed by atoms with van der Waals surface area (Å²) in [7, 11) is 2.03. The van der Waals surface area contributed by atoms with Crippen LogP contribution in [0.4, 0.5) is 0 Å². The first-order valence-corrected chi connectivity index (χ1v) is 7.82. The van der Waals surface area contributed by atoms with Crippen LogP contribution in [0.15, 0.2) is 24.5 Å². The molecule has 1 aromatic heterocycles. The molecule has 1 aliphatic rings. The molecule has 1 fully saturated rings. The molecular weight excluding hydrogens is 284 g/mol. The summed E-state index contributed by atoms with van der Waals surface area (Å²) in [6.07, 6.45) is 4.09. The van der Waals surface area contributed by atoms with E-state index in [9.17, 15) is 0 Å². The molecule has 0 bridgehead atoms. The number of rotatable bonds is 3. The Hall–Kier alpha value is -1.39. The van der Waals surface area contributed by atoms with E-state index in [0.717, 1.165) is 43.3 Å². The number of likely N-dealkylation sites (tertiary alicyclic amines) is 1. The molecule has 0 saturated carbocycles. The molecule has 4 nitrogen and oxygen atoms in total. The third kappa shape index (κ3) is 3.27. The van der Waals surface area contributed by atoms with Gasteiger partial charge >= 0.3 is 0 Å². The number of aromatic nitrogens is 3. The van der Waals surface area contributed by atoms with E-state index >= 15 is 0 Å². The molecule has 1 saturated heterocycles. The smallest absolute Gasteiger partial charge is 0.135 e. The molecule has 0 aliphatic carbocycles. The topological polar surface area (TPSA) is 34.0 Å². The third-order valence-electron chi connectivity index (χ3n) is 4.40. The Bertz CT molecular complexity index is 614. The predicted molar refractivity (Wildman–Crippen MR) is 84.4 cm³/mol. The van der Waals surface area contributed by atoms with Crippen molar-refractivity contribution in [1.29, 1.82) is 0 Å². The lowest BCUT2D eigenvalue weighted by atomic mass is 9.95. The molecule has 2 aromatic rings. The summed E-state index contributed by atoms with van der Waals surface area (Å²) < 4.78 is 2.05. The SMILES string of the molecule is Cc1cc(Cl)ccc1CN1CCC(c2nncn2C)CC1. The summed E-state index contributed by atoms with van der Waals surface area (Å²) in [5, 5.41) is 9.06. The molecule has 5 heteroatoms. The Morgan fingerprint density at radius 2 is 2.05 bits per heavy atom. The van der Waals surface area contributed by atoms with Crippen LogP contribution in [-0.4, -0.2) is 32.8 Å². The van der Waals surface area contributed by atoms with Crippen molar-refractivity contribution in [3.05, 3.63) is 46.5 Å². The zero-order chi connectivity index (χ0) is 14.8. The summed E-state index contributed by atoms with van der Waals surface area (Å²) in [4.78, 5) is 2.52. The normalized spacial score (nSPS) is 17.3. The van der Waals surface area contributed by atoms with Gasteiger partial charge in [0, 0.05) is 24.5 Å². The van der Waals surface area contributed by atoms with Crippen molar-refractivity contribution in [3.8, 4) is 0 Å². The highest BCUT2D eigenvalue weighted by atomic mass is 35.5. The lowest BCUT2D eigenvalue weighted by Crippen LogP contribution is -2.33. The molecule has 0 radical (unpaired) electrons. The van der Waals surface area contributed by atoms with E-state index in [2.05, 4.69) is 28.1 Å². The second kappa shape index (κ2) is 6.16. The molecule has 0 atom stereocenters. The van der Waals surface area contributed by atoms with Crippen molar-refractivity contribution in [2.24, 2.45) is 7.05 Å². The molecule has 0 spiro atoms. The summed E-state index contributed by atoms with van der Waals surface area (Å²) in [5.41, 5.74) is 2.65. The molecule has 2 heterocycles. The van der Waals surface area contributed by atoms with Gasteiger partial charge in [-0.3, -0.25) is 4.90 Å². The number of hydrogen-bond acceptors (Lipinski definition) is 3. The Kier molecular flexibility index (Phi) is 4.27. The minimum Gasteiger partial charge on any atom is -0.320 e. The van der Waals surface area contributed by atoms with E-state index in [1.807, 2.05) is 23.7 Å². The van der Waals surface area contributed by atoms with Gasteiger partial charge in [-0.15, -0.1) is 10.2 Å². The van der Waals surface area contributed by atoms with E-state index in [0.29, 0.717) is 5.92 Å². The fraction of sp³-hybridized carbons (Fsp3) is 0.500. The van der Waals surface area contributed by atoms with Gasteiger partial charge in [0.05, 0.1) is 0 Å². The predicted octanol–water partition coefficient (Wildman–Crippen LogP) is 3.16. The fourth-order valence-electron chi connectivity index (χ4n) is 3.09. The Morgan fingerprint density at radius 1 is 1.29 bits per heavy atom.